The largest absolute Gasteiger partial charge is 0.493 e. The summed E-state index contributed by atoms with van der Waals surface area (Å²) in [5.74, 6) is 0.308. The highest BCUT2D eigenvalue weighted by atomic mass is 16.5. The van der Waals surface area contributed by atoms with E-state index >= 15 is 0 Å². The maximum Gasteiger partial charge on any atom is 0.303 e. The normalized spacial score (nSPS) is 8.65. The van der Waals surface area contributed by atoms with Gasteiger partial charge in [0.2, 0.25) is 0 Å². The topological polar surface area (TPSA) is 72.8 Å². The predicted molar refractivity (Wildman–Crippen MR) is 62.9 cm³/mol. The fourth-order valence-electron chi connectivity index (χ4n) is 1.00. The Balaban J connectivity index is 0.000000437. The molecule has 1 aromatic rings. The summed E-state index contributed by atoms with van der Waals surface area (Å²) >= 11 is 0. The lowest BCUT2D eigenvalue weighted by molar-refractivity contribution is -0.136. The summed E-state index contributed by atoms with van der Waals surface area (Å²) in [5, 5.41) is 7.72. The summed E-state index contributed by atoms with van der Waals surface area (Å²) in [6, 6.07) is 5.16. The van der Waals surface area contributed by atoms with Crippen molar-refractivity contribution < 1.29 is 24.2 Å². The van der Waals surface area contributed by atoms with Gasteiger partial charge in [0, 0.05) is 6.42 Å². The van der Waals surface area contributed by atoms with Gasteiger partial charge in [-0.15, -0.1) is 0 Å². The van der Waals surface area contributed by atoms with Gasteiger partial charge < -0.3 is 14.6 Å². The Kier molecular flexibility index (Phi) is 7.17. The highest BCUT2D eigenvalue weighted by Crippen LogP contribution is 2.29. The SMILES string of the molecule is CCC(=O)O.COc1cccc(C=O)c1OC. The Hall–Kier alpha value is -2.04. The molecule has 0 fully saturated rings. The van der Waals surface area contributed by atoms with Gasteiger partial charge in [0.15, 0.2) is 17.8 Å². The molecule has 0 aliphatic rings. The lowest BCUT2D eigenvalue weighted by Crippen LogP contribution is -1.94. The zero-order valence-corrected chi connectivity index (χ0v) is 10.1. The zero-order valence-electron chi connectivity index (χ0n) is 10.1. The molecule has 17 heavy (non-hydrogen) atoms. The lowest BCUT2D eigenvalue weighted by atomic mass is 10.2. The molecule has 0 aliphatic heterocycles. The number of benzene rings is 1. The third-order valence-electron chi connectivity index (χ3n) is 1.86. The second-order valence-electron chi connectivity index (χ2n) is 2.95. The number of hydrogen-bond donors (Lipinski definition) is 1. The number of carbonyl (C=O) groups excluding carboxylic acids is 1. The lowest BCUT2D eigenvalue weighted by Gasteiger charge is -2.07. The van der Waals surface area contributed by atoms with Gasteiger partial charge in [-0.25, -0.2) is 0 Å². The third kappa shape index (κ3) is 5.01. The standard InChI is InChI=1S/C9H10O3.C3H6O2/c1-11-8-5-3-4-7(6-10)9(8)12-2;1-2-3(4)5/h3-6H,1-2H3;2H2,1H3,(H,4,5). The van der Waals surface area contributed by atoms with Crippen LogP contribution in [0.25, 0.3) is 0 Å². The van der Waals surface area contributed by atoms with Crippen molar-refractivity contribution in [3.63, 3.8) is 0 Å². The molecule has 0 unspecified atom stereocenters. The summed E-state index contributed by atoms with van der Waals surface area (Å²) in [5.41, 5.74) is 0.497. The van der Waals surface area contributed by atoms with E-state index in [0.717, 1.165) is 6.29 Å². The number of rotatable bonds is 4. The van der Waals surface area contributed by atoms with Gasteiger partial charge in [-0.1, -0.05) is 13.0 Å². The first-order valence-electron chi connectivity index (χ1n) is 4.98. The molecule has 0 saturated carbocycles. The van der Waals surface area contributed by atoms with Crippen LogP contribution in [-0.2, 0) is 4.79 Å². The average Bonchev–Trinajstić information content (AvgIpc) is 2.37. The molecule has 5 nitrogen and oxygen atoms in total. The molecule has 1 rings (SSSR count). The Bertz CT molecular complexity index is 373. The molecule has 0 heterocycles. The zero-order chi connectivity index (χ0) is 13.3. The van der Waals surface area contributed by atoms with Gasteiger partial charge in [-0.05, 0) is 12.1 Å². The molecule has 0 atom stereocenters. The van der Waals surface area contributed by atoms with E-state index in [-0.39, 0.29) is 6.42 Å². The average molecular weight is 240 g/mol. The summed E-state index contributed by atoms with van der Waals surface area (Å²) < 4.78 is 10.00. The van der Waals surface area contributed by atoms with E-state index in [1.807, 2.05) is 0 Å². The molecule has 0 aromatic heterocycles. The second kappa shape index (κ2) is 8.15. The van der Waals surface area contributed by atoms with Crippen LogP contribution in [0.1, 0.15) is 23.7 Å². The molecule has 0 saturated heterocycles. The third-order valence-corrected chi connectivity index (χ3v) is 1.86. The molecule has 0 spiro atoms. The minimum Gasteiger partial charge on any atom is -0.493 e. The van der Waals surface area contributed by atoms with Crippen molar-refractivity contribution in [1.82, 2.24) is 0 Å². The van der Waals surface area contributed by atoms with Gasteiger partial charge in [0.1, 0.15) is 0 Å². The van der Waals surface area contributed by atoms with E-state index < -0.39 is 5.97 Å². The van der Waals surface area contributed by atoms with Crippen molar-refractivity contribution in [3.05, 3.63) is 23.8 Å². The Labute approximate surface area is 100.0 Å². The van der Waals surface area contributed by atoms with Crippen LogP contribution in [0, 0.1) is 0 Å². The molecule has 5 heteroatoms. The van der Waals surface area contributed by atoms with Gasteiger partial charge >= 0.3 is 5.97 Å². The van der Waals surface area contributed by atoms with Gasteiger partial charge in [0.25, 0.3) is 0 Å². The minimum atomic E-state index is -0.745. The summed E-state index contributed by atoms with van der Waals surface area (Å²) in [6.45, 7) is 1.60. The first-order valence-corrected chi connectivity index (χ1v) is 4.98. The number of carboxylic acid groups (broad SMARTS) is 1. The Morgan fingerprint density at radius 3 is 2.29 bits per heavy atom. The van der Waals surface area contributed by atoms with Crippen molar-refractivity contribution in [3.8, 4) is 11.5 Å². The number of aliphatic carboxylic acids is 1. The van der Waals surface area contributed by atoms with Crippen molar-refractivity contribution in [1.29, 1.82) is 0 Å². The van der Waals surface area contributed by atoms with Crippen LogP contribution in [0.15, 0.2) is 18.2 Å². The van der Waals surface area contributed by atoms with Crippen LogP contribution in [0.5, 0.6) is 11.5 Å². The minimum absolute atomic E-state index is 0.222. The molecular weight excluding hydrogens is 224 g/mol. The molecule has 1 aromatic carbocycles. The number of para-hydroxylation sites is 1. The first-order chi connectivity index (χ1) is 8.10. The highest BCUT2D eigenvalue weighted by molar-refractivity contribution is 5.81. The van der Waals surface area contributed by atoms with E-state index in [4.69, 9.17) is 14.6 Å². The number of ether oxygens (including phenoxy) is 2. The molecule has 0 radical (unpaired) electrons. The smallest absolute Gasteiger partial charge is 0.303 e. The number of hydrogen-bond acceptors (Lipinski definition) is 4. The van der Waals surface area contributed by atoms with Crippen molar-refractivity contribution in [2.24, 2.45) is 0 Å². The number of methoxy groups -OCH3 is 2. The fourth-order valence-corrected chi connectivity index (χ4v) is 1.00. The highest BCUT2D eigenvalue weighted by Gasteiger charge is 2.07. The van der Waals surface area contributed by atoms with E-state index in [1.54, 1.807) is 25.1 Å². The summed E-state index contributed by atoms with van der Waals surface area (Å²) in [7, 11) is 3.04. The van der Waals surface area contributed by atoms with E-state index in [2.05, 4.69) is 0 Å². The van der Waals surface area contributed by atoms with E-state index in [0.29, 0.717) is 17.1 Å². The van der Waals surface area contributed by atoms with Crippen LogP contribution in [0.4, 0.5) is 0 Å². The van der Waals surface area contributed by atoms with E-state index in [9.17, 15) is 9.59 Å². The second-order valence-corrected chi connectivity index (χ2v) is 2.95. The Morgan fingerprint density at radius 2 is 1.94 bits per heavy atom. The van der Waals surface area contributed by atoms with Crippen molar-refractivity contribution in [2.45, 2.75) is 13.3 Å². The maximum absolute atomic E-state index is 10.5. The summed E-state index contributed by atoms with van der Waals surface area (Å²) in [6.07, 6.45) is 0.960. The van der Waals surface area contributed by atoms with Crippen LogP contribution < -0.4 is 9.47 Å². The van der Waals surface area contributed by atoms with Gasteiger partial charge in [-0.3, -0.25) is 9.59 Å². The Morgan fingerprint density at radius 1 is 1.35 bits per heavy atom. The molecule has 0 bridgehead atoms. The molecule has 1 N–H and O–H groups in total. The number of carboxylic acids is 1. The van der Waals surface area contributed by atoms with Crippen LogP contribution in [0.3, 0.4) is 0 Å². The number of carbonyl (C=O) groups is 2. The maximum atomic E-state index is 10.5. The first kappa shape index (κ1) is 15.0. The van der Waals surface area contributed by atoms with Crippen LogP contribution in [-0.4, -0.2) is 31.6 Å². The van der Waals surface area contributed by atoms with Gasteiger partial charge in [-0.2, -0.15) is 0 Å². The van der Waals surface area contributed by atoms with E-state index in [1.165, 1.54) is 14.2 Å². The molecule has 0 aliphatic carbocycles. The fraction of sp³-hybridized carbons (Fsp3) is 0.333. The summed E-state index contributed by atoms with van der Waals surface area (Å²) in [4.78, 5) is 19.9. The number of aldehydes is 1. The predicted octanol–water partition coefficient (Wildman–Crippen LogP) is 2.00. The van der Waals surface area contributed by atoms with Crippen molar-refractivity contribution in [2.75, 3.05) is 14.2 Å². The van der Waals surface area contributed by atoms with Crippen molar-refractivity contribution >= 4 is 12.3 Å². The monoisotopic (exact) mass is 240 g/mol. The molecule has 0 amide bonds. The van der Waals surface area contributed by atoms with Gasteiger partial charge in [0.05, 0.1) is 19.8 Å². The van der Waals surface area contributed by atoms with Crippen LogP contribution in [0.2, 0.25) is 0 Å². The van der Waals surface area contributed by atoms with Crippen LogP contribution >= 0.6 is 0 Å². The molecule has 94 valence electrons. The quantitative estimate of drug-likeness (QED) is 0.815. The molecular formula is C12H16O5.